The molecule has 0 aliphatic rings. The van der Waals surface area contributed by atoms with Gasteiger partial charge in [-0.3, -0.25) is 0 Å². The molecule has 0 saturated carbocycles. The van der Waals surface area contributed by atoms with Crippen LogP contribution >= 0.6 is 11.3 Å². The first-order valence-electron chi connectivity index (χ1n) is 9.13. The Hall–Kier alpha value is -3.10. The molecule has 0 saturated heterocycles. The highest BCUT2D eigenvalue weighted by Crippen LogP contribution is 2.44. The zero-order chi connectivity index (χ0) is 18.2. The van der Waals surface area contributed by atoms with Crippen molar-refractivity contribution in [1.82, 2.24) is 0 Å². The predicted octanol–water partition coefficient (Wildman–Crippen LogP) is 7.43. The van der Waals surface area contributed by atoms with Gasteiger partial charge in [0.05, 0.1) is 0 Å². The molecule has 0 fully saturated rings. The maximum absolute atomic E-state index is 3.39. The average molecular weight is 366 g/mol. The van der Waals surface area contributed by atoms with E-state index < -0.39 is 0 Å². The fraction of sp³-hybridized carbons (Fsp3) is 0.0400. The summed E-state index contributed by atoms with van der Waals surface area (Å²) in [7, 11) is 2.00. The fourth-order valence-corrected chi connectivity index (χ4v) is 4.89. The Kier molecular flexibility index (Phi) is 3.92. The Morgan fingerprint density at radius 2 is 1.30 bits per heavy atom. The van der Waals surface area contributed by atoms with Crippen molar-refractivity contribution in [2.24, 2.45) is 0 Å². The van der Waals surface area contributed by atoms with Crippen LogP contribution < -0.4 is 5.32 Å². The summed E-state index contributed by atoms with van der Waals surface area (Å²) >= 11 is 1.87. The van der Waals surface area contributed by atoms with Crippen molar-refractivity contribution in [3.8, 4) is 22.3 Å². The van der Waals surface area contributed by atoms with E-state index in [1.165, 1.54) is 48.1 Å². The first kappa shape index (κ1) is 16.1. The zero-order valence-electron chi connectivity index (χ0n) is 15.1. The number of hydrogen-bond acceptors (Lipinski definition) is 2. The molecule has 0 aliphatic carbocycles. The SMILES string of the molecule is CNc1ccc2sc3ccc(-c4ccccc4)cc3c2c1-c1ccccc1. The quantitative estimate of drug-likeness (QED) is 0.350. The van der Waals surface area contributed by atoms with Crippen molar-refractivity contribution in [1.29, 1.82) is 0 Å². The van der Waals surface area contributed by atoms with Crippen LogP contribution in [0.5, 0.6) is 0 Å². The highest BCUT2D eigenvalue weighted by Gasteiger charge is 2.15. The summed E-state index contributed by atoms with van der Waals surface area (Å²) in [5, 5.41) is 6.06. The summed E-state index contributed by atoms with van der Waals surface area (Å²) in [5.74, 6) is 0. The minimum absolute atomic E-state index is 1.17. The number of hydrogen-bond donors (Lipinski definition) is 1. The topological polar surface area (TPSA) is 12.0 Å². The molecule has 0 radical (unpaired) electrons. The van der Waals surface area contributed by atoms with Crippen molar-refractivity contribution in [3.05, 3.63) is 91.0 Å². The number of rotatable bonds is 3. The van der Waals surface area contributed by atoms with Crippen LogP contribution in [0.1, 0.15) is 0 Å². The minimum Gasteiger partial charge on any atom is -0.388 e. The van der Waals surface area contributed by atoms with Gasteiger partial charge in [-0.15, -0.1) is 11.3 Å². The molecule has 5 rings (SSSR count). The van der Waals surface area contributed by atoms with Crippen LogP contribution in [0.2, 0.25) is 0 Å². The van der Waals surface area contributed by atoms with Crippen LogP contribution in [-0.4, -0.2) is 7.05 Å². The molecule has 0 amide bonds. The molecule has 1 heterocycles. The minimum atomic E-state index is 1.17. The summed E-state index contributed by atoms with van der Waals surface area (Å²) in [6.45, 7) is 0. The highest BCUT2D eigenvalue weighted by molar-refractivity contribution is 7.26. The molecule has 0 atom stereocenters. The van der Waals surface area contributed by atoms with E-state index in [1.54, 1.807) is 0 Å². The summed E-state index contributed by atoms with van der Waals surface area (Å²) in [4.78, 5) is 0. The monoisotopic (exact) mass is 365 g/mol. The molecule has 5 aromatic rings. The van der Waals surface area contributed by atoms with Crippen LogP contribution in [0.15, 0.2) is 91.0 Å². The molecule has 130 valence electrons. The van der Waals surface area contributed by atoms with E-state index in [0.717, 1.165) is 0 Å². The number of fused-ring (bicyclic) bond motifs is 3. The molecule has 1 N–H and O–H groups in total. The third-order valence-corrected chi connectivity index (χ3v) is 6.21. The van der Waals surface area contributed by atoms with Gasteiger partial charge in [0, 0.05) is 38.5 Å². The van der Waals surface area contributed by atoms with Crippen molar-refractivity contribution in [2.45, 2.75) is 0 Å². The van der Waals surface area contributed by atoms with E-state index >= 15 is 0 Å². The maximum atomic E-state index is 3.39. The van der Waals surface area contributed by atoms with E-state index in [4.69, 9.17) is 0 Å². The van der Waals surface area contributed by atoms with E-state index in [1.807, 2.05) is 18.4 Å². The Balaban J connectivity index is 1.87. The molecule has 0 unspecified atom stereocenters. The third-order valence-electron chi connectivity index (χ3n) is 5.07. The molecule has 4 aromatic carbocycles. The molecule has 27 heavy (non-hydrogen) atoms. The van der Waals surface area contributed by atoms with Crippen molar-refractivity contribution >= 4 is 37.2 Å². The largest absolute Gasteiger partial charge is 0.388 e. The second kappa shape index (κ2) is 6.57. The Morgan fingerprint density at radius 1 is 0.630 bits per heavy atom. The van der Waals surface area contributed by atoms with Gasteiger partial charge in [0.15, 0.2) is 0 Å². The second-order valence-electron chi connectivity index (χ2n) is 6.66. The van der Waals surface area contributed by atoms with E-state index in [-0.39, 0.29) is 0 Å². The molecule has 1 nitrogen and oxygen atoms in total. The summed E-state index contributed by atoms with van der Waals surface area (Å²) < 4.78 is 2.66. The van der Waals surface area contributed by atoms with Gasteiger partial charge in [0.25, 0.3) is 0 Å². The molecule has 0 bridgehead atoms. The van der Waals surface area contributed by atoms with Crippen molar-refractivity contribution in [2.75, 3.05) is 12.4 Å². The van der Waals surface area contributed by atoms with Gasteiger partial charge in [-0.05, 0) is 41.0 Å². The lowest BCUT2D eigenvalue weighted by Crippen LogP contribution is -1.92. The zero-order valence-corrected chi connectivity index (χ0v) is 15.9. The number of nitrogens with one attached hydrogen (secondary N) is 1. The molecular formula is C25H19NS. The van der Waals surface area contributed by atoms with Gasteiger partial charge in [0.2, 0.25) is 0 Å². The van der Waals surface area contributed by atoms with Crippen molar-refractivity contribution in [3.63, 3.8) is 0 Å². The van der Waals surface area contributed by atoms with Gasteiger partial charge in [0.1, 0.15) is 0 Å². The van der Waals surface area contributed by atoms with Crippen LogP contribution in [0.25, 0.3) is 42.4 Å². The molecule has 0 aliphatic heterocycles. The van der Waals surface area contributed by atoms with Gasteiger partial charge in [-0.25, -0.2) is 0 Å². The summed E-state index contributed by atoms with van der Waals surface area (Å²) in [6.07, 6.45) is 0. The first-order chi connectivity index (χ1) is 13.3. The Morgan fingerprint density at radius 3 is 2.00 bits per heavy atom. The Bertz CT molecular complexity index is 1240. The molecular weight excluding hydrogens is 346 g/mol. The average Bonchev–Trinajstić information content (AvgIpc) is 3.12. The maximum Gasteiger partial charge on any atom is 0.0424 e. The number of thiophene rings is 1. The number of benzene rings is 4. The third kappa shape index (κ3) is 2.70. The van der Waals surface area contributed by atoms with Crippen LogP contribution in [0.4, 0.5) is 5.69 Å². The first-order valence-corrected chi connectivity index (χ1v) is 9.94. The lowest BCUT2D eigenvalue weighted by molar-refractivity contribution is 1.53. The highest BCUT2D eigenvalue weighted by atomic mass is 32.1. The predicted molar refractivity (Wildman–Crippen MR) is 120 cm³/mol. The van der Waals surface area contributed by atoms with Crippen LogP contribution in [0.3, 0.4) is 0 Å². The van der Waals surface area contributed by atoms with Gasteiger partial charge < -0.3 is 5.32 Å². The van der Waals surface area contributed by atoms with Gasteiger partial charge in [-0.2, -0.15) is 0 Å². The lowest BCUT2D eigenvalue weighted by Gasteiger charge is -2.12. The van der Waals surface area contributed by atoms with Gasteiger partial charge in [-0.1, -0.05) is 66.7 Å². The summed E-state index contributed by atoms with van der Waals surface area (Å²) in [6, 6.07) is 32.5. The summed E-state index contributed by atoms with van der Waals surface area (Å²) in [5.41, 5.74) is 6.21. The molecule has 0 spiro atoms. The Labute approximate surface area is 162 Å². The van der Waals surface area contributed by atoms with E-state index in [2.05, 4.69) is 96.3 Å². The smallest absolute Gasteiger partial charge is 0.0424 e. The molecule has 2 heteroatoms. The standard InChI is InChI=1S/C25H19NS/c1-26-21-13-15-23-25(24(21)18-10-6-3-7-11-18)20-16-19(12-14-22(20)27-23)17-8-4-2-5-9-17/h2-16,26H,1H3. The molecule has 1 aromatic heterocycles. The normalized spacial score (nSPS) is 11.1. The van der Waals surface area contributed by atoms with Crippen LogP contribution in [-0.2, 0) is 0 Å². The van der Waals surface area contributed by atoms with Crippen LogP contribution in [0, 0.1) is 0 Å². The lowest BCUT2D eigenvalue weighted by atomic mass is 9.96. The fourth-order valence-electron chi connectivity index (χ4n) is 3.79. The van der Waals surface area contributed by atoms with E-state index in [0.29, 0.717) is 0 Å². The second-order valence-corrected chi connectivity index (χ2v) is 7.74. The van der Waals surface area contributed by atoms with Gasteiger partial charge >= 0.3 is 0 Å². The number of anilines is 1. The van der Waals surface area contributed by atoms with E-state index in [9.17, 15) is 0 Å². The van der Waals surface area contributed by atoms with Crippen molar-refractivity contribution < 1.29 is 0 Å².